The number of hydrogen-bond acceptors (Lipinski definition) is 5. The first kappa shape index (κ1) is 16.2. The van der Waals surface area contributed by atoms with Gasteiger partial charge in [0.2, 0.25) is 0 Å². The number of aliphatic hydroxyl groups excluding tert-OH is 1. The van der Waals surface area contributed by atoms with Crippen LogP contribution in [0.3, 0.4) is 0 Å². The van der Waals surface area contributed by atoms with Gasteiger partial charge in [-0.2, -0.15) is 0 Å². The molecule has 5 nitrogen and oxygen atoms in total. The molecule has 0 aliphatic carbocycles. The summed E-state index contributed by atoms with van der Waals surface area (Å²) in [6.45, 7) is 2.00. The van der Waals surface area contributed by atoms with Gasteiger partial charge in [0.25, 0.3) is 5.69 Å². The normalized spacial score (nSPS) is 16.5. The highest BCUT2D eigenvalue weighted by Gasteiger charge is 2.16. The highest BCUT2D eigenvalue weighted by atomic mass is 32.2. The van der Waals surface area contributed by atoms with E-state index in [4.69, 9.17) is 12.2 Å². The van der Waals surface area contributed by atoms with Crippen LogP contribution in [0.2, 0.25) is 0 Å². The van der Waals surface area contributed by atoms with Crippen LogP contribution in [-0.2, 0) is 0 Å². The van der Waals surface area contributed by atoms with Gasteiger partial charge in [0.15, 0.2) is 0 Å². The Morgan fingerprint density at radius 3 is 2.52 bits per heavy atom. The number of thioether (sulfide) groups is 1. The fourth-order valence-electron chi connectivity index (χ4n) is 2.23. The Kier molecular flexibility index (Phi) is 5.96. The SMILES string of the molecule is O=[N+]([O-])c1ccc([C@H](O)CSC(=S)N2CCCCC2)cc1. The predicted octanol–water partition coefficient (Wildman–Crippen LogP) is 3.13. The second-order valence-electron chi connectivity index (χ2n) is 4.99. The maximum atomic E-state index is 10.6. The zero-order valence-electron chi connectivity index (χ0n) is 11.6. The molecule has 1 aromatic rings. The lowest BCUT2D eigenvalue weighted by Gasteiger charge is -2.28. The molecule has 2 rings (SSSR count). The average molecular weight is 326 g/mol. The fourth-order valence-corrected chi connectivity index (χ4v) is 3.48. The van der Waals surface area contributed by atoms with Gasteiger partial charge in [-0.1, -0.05) is 24.0 Å². The van der Waals surface area contributed by atoms with E-state index in [0.717, 1.165) is 17.4 Å². The number of non-ortho nitro benzene ring substituents is 1. The summed E-state index contributed by atoms with van der Waals surface area (Å²) in [5.74, 6) is 0.465. The van der Waals surface area contributed by atoms with Gasteiger partial charge >= 0.3 is 0 Å². The van der Waals surface area contributed by atoms with Gasteiger partial charge < -0.3 is 10.0 Å². The van der Waals surface area contributed by atoms with Crippen molar-refractivity contribution in [2.45, 2.75) is 25.4 Å². The third kappa shape index (κ3) is 4.66. The van der Waals surface area contributed by atoms with Crippen LogP contribution in [-0.4, -0.2) is 38.1 Å². The summed E-state index contributed by atoms with van der Waals surface area (Å²) in [4.78, 5) is 12.3. The zero-order chi connectivity index (χ0) is 15.2. The highest BCUT2D eigenvalue weighted by Crippen LogP contribution is 2.23. The van der Waals surface area contributed by atoms with Crippen molar-refractivity contribution in [1.29, 1.82) is 0 Å². The summed E-state index contributed by atoms with van der Waals surface area (Å²) in [6, 6.07) is 6.00. The molecule has 0 amide bonds. The van der Waals surface area contributed by atoms with E-state index < -0.39 is 11.0 Å². The van der Waals surface area contributed by atoms with E-state index in [2.05, 4.69) is 4.90 Å². The van der Waals surface area contributed by atoms with Gasteiger partial charge in [0.05, 0.1) is 11.0 Å². The Morgan fingerprint density at radius 2 is 1.95 bits per heavy atom. The molecule has 0 saturated carbocycles. The van der Waals surface area contributed by atoms with Crippen LogP contribution in [0, 0.1) is 10.1 Å². The number of aliphatic hydroxyl groups is 1. The summed E-state index contributed by atoms with van der Waals surface area (Å²) < 4.78 is 0.829. The van der Waals surface area contributed by atoms with Gasteiger partial charge in [-0.15, -0.1) is 0 Å². The number of piperidine rings is 1. The van der Waals surface area contributed by atoms with Crippen LogP contribution < -0.4 is 0 Å². The van der Waals surface area contributed by atoms with Crippen molar-refractivity contribution in [2.75, 3.05) is 18.8 Å². The minimum absolute atomic E-state index is 0.0300. The number of hydrogen-bond donors (Lipinski definition) is 1. The van der Waals surface area contributed by atoms with Crippen molar-refractivity contribution < 1.29 is 10.0 Å². The summed E-state index contributed by atoms with van der Waals surface area (Å²) >= 11 is 6.86. The maximum Gasteiger partial charge on any atom is 0.269 e. The summed E-state index contributed by atoms with van der Waals surface area (Å²) in [5.41, 5.74) is 0.706. The predicted molar refractivity (Wildman–Crippen MR) is 88.5 cm³/mol. The highest BCUT2D eigenvalue weighted by molar-refractivity contribution is 8.22. The van der Waals surface area contributed by atoms with E-state index in [1.807, 2.05) is 0 Å². The molecule has 7 heteroatoms. The van der Waals surface area contributed by atoms with Crippen molar-refractivity contribution in [3.8, 4) is 0 Å². The van der Waals surface area contributed by atoms with Crippen LogP contribution in [0.1, 0.15) is 30.9 Å². The first-order chi connectivity index (χ1) is 10.1. The Hall–Kier alpha value is -1.18. The molecule has 114 valence electrons. The molecular formula is C14H18N2O3S2. The third-order valence-corrected chi connectivity index (χ3v) is 5.07. The number of likely N-dealkylation sites (tertiary alicyclic amines) is 1. The van der Waals surface area contributed by atoms with E-state index in [1.165, 1.54) is 43.2 Å². The van der Waals surface area contributed by atoms with Crippen molar-refractivity contribution in [1.82, 2.24) is 4.90 Å². The van der Waals surface area contributed by atoms with Crippen molar-refractivity contribution in [3.63, 3.8) is 0 Å². The topological polar surface area (TPSA) is 66.6 Å². The smallest absolute Gasteiger partial charge is 0.269 e. The molecule has 0 spiro atoms. The average Bonchev–Trinajstić information content (AvgIpc) is 2.53. The number of nitro benzene ring substituents is 1. The van der Waals surface area contributed by atoms with Crippen LogP contribution in [0.4, 0.5) is 5.69 Å². The van der Waals surface area contributed by atoms with Crippen LogP contribution in [0.25, 0.3) is 0 Å². The fraction of sp³-hybridized carbons (Fsp3) is 0.500. The molecule has 21 heavy (non-hydrogen) atoms. The lowest BCUT2D eigenvalue weighted by molar-refractivity contribution is -0.384. The minimum atomic E-state index is -0.668. The summed E-state index contributed by atoms with van der Waals surface area (Å²) in [5, 5.41) is 20.7. The lowest BCUT2D eigenvalue weighted by atomic mass is 10.1. The number of rotatable bonds is 4. The molecule has 0 bridgehead atoms. The molecular weight excluding hydrogens is 308 g/mol. The molecule has 1 aliphatic rings. The number of benzene rings is 1. The second-order valence-corrected chi connectivity index (χ2v) is 6.64. The van der Waals surface area contributed by atoms with Gasteiger partial charge in [-0.05, 0) is 37.0 Å². The Balaban J connectivity index is 1.84. The van der Waals surface area contributed by atoms with Crippen molar-refractivity contribution in [2.24, 2.45) is 0 Å². The van der Waals surface area contributed by atoms with E-state index >= 15 is 0 Å². The molecule has 1 N–H and O–H groups in total. The Bertz CT molecular complexity index is 501. The zero-order valence-corrected chi connectivity index (χ0v) is 13.2. The summed E-state index contributed by atoms with van der Waals surface area (Å²) in [6.07, 6.45) is 2.94. The first-order valence-electron chi connectivity index (χ1n) is 6.92. The molecule has 0 radical (unpaired) electrons. The van der Waals surface area contributed by atoms with Crippen molar-refractivity contribution in [3.05, 3.63) is 39.9 Å². The molecule has 1 aromatic carbocycles. The molecule has 0 unspecified atom stereocenters. The molecule has 1 saturated heterocycles. The van der Waals surface area contributed by atoms with E-state index in [1.54, 1.807) is 12.1 Å². The molecule has 1 heterocycles. The molecule has 0 aromatic heterocycles. The largest absolute Gasteiger partial charge is 0.388 e. The monoisotopic (exact) mass is 326 g/mol. The third-order valence-electron chi connectivity index (χ3n) is 3.47. The number of nitro groups is 1. The first-order valence-corrected chi connectivity index (χ1v) is 8.31. The van der Waals surface area contributed by atoms with Gasteiger partial charge in [0, 0.05) is 31.0 Å². The van der Waals surface area contributed by atoms with E-state index in [-0.39, 0.29) is 5.69 Å². The van der Waals surface area contributed by atoms with E-state index in [0.29, 0.717) is 11.3 Å². The van der Waals surface area contributed by atoms with Crippen LogP contribution in [0.5, 0.6) is 0 Å². The van der Waals surface area contributed by atoms with Crippen LogP contribution >= 0.6 is 24.0 Å². The lowest BCUT2D eigenvalue weighted by Crippen LogP contribution is -2.33. The minimum Gasteiger partial charge on any atom is -0.388 e. The molecule has 1 fully saturated rings. The van der Waals surface area contributed by atoms with Gasteiger partial charge in [-0.3, -0.25) is 10.1 Å². The quantitative estimate of drug-likeness (QED) is 0.521. The van der Waals surface area contributed by atoms with Crippen molar-refractivity contribution >= 4 is 34.0 Å². The van der Waals surface area contributed by atoms with Crippen LogP contribution in [0.15, 0.2) is 24.3 Å². The summed E-state index contributed by atoms with van der Waals surface area (Å²) in [7, 11) is 0. The maximum absolute atomic E-state index is 10.6. The number of thiocarbonyl (C=S) groups is 1. The Morgan fingerprint density at radius 1 is 1.33 bits per heavy atom. The molecule has 1 atom stereocenters. The standard InChI is InChI=1S/C14H18N2O3S2/c17-13(11-4-6-12(7-5-11)16(18)19)10-21-14(20)15-8-2-1-3-9-15/h4-7,13,17H,1-3,8-10H2/t13-/m1/s1. The van der Waals surface area contributed by atoms with Gasteiger partial charge in [-0.25, -0.2) is 0 Å². The van der Waals surface area contributed by atoms with Gasteiger partial charge in [0.1, 0.15) is 4.32 Å². The molecule has 1 aliphatic heterocycles. The van der Waals surface area contributed by atoms with E-state index in [9.17, 15) is 15.2 Å². The second kappa shape index (κ2) is 7.72. The number of nitrogens with zero attached hydrogens (tertiary/aromatic N) is 2. The Labute approximate surface area is 133 Å².